The number of thiophene rings is 1. The van der Waals surface area contributed by atoms with E-state index in [1.165, 1.54) is 10.6 Å². The largest absolute Gasteiger partial charge is 0.304 e. The monoisotopic (exact) mass is 249 g/mol. The van der Waals surface area contributed by atoms with Crippen LogP contribution in [0.1, 0.15) is 36.2 Å². The maximum Gasteiger partial charge on any atom is 0.0597 e. The maximum atomic E-state index is 4.45. The van der Waals surface area contributed by atoms with Gasteiger partial charge in [-0.2, -0.15) is 5.10 Å². The summed E-state index contributed by atoms with van der Waals surface area (Å²) < 4.78 is 2.06. The third-order valence-electron chi connectivity index (χ3n) is 2.84. The zero-order chi connectivity index (χ0) is 12.3. The summed E-state index contributed by atoms with van der Waals surface area (Å²) >= 11 is 1.80. The highest BCUT2D eigenvalue weighted by Crippen LogP contribution is 2.18. The van der Waals surface area contributed by atoms with E-state index in [1.807, 2.05) is 6.92 Å². The standard InChI is InChI=1S/C13H19N3S/c1-4-16-12(8-10(2)15-16)9-14-11(3)13-6-5-7-17-13/h5-8,11,14H,4,9H2,1-3H3. The Morgan fingerprint density at radius 1 is 1.53 bits per heavy atom. The zero-order valence-electron chi connectivity index (χ0n) is 10.6. The molecule has 0 amide bonds. The van der Waals surface area contributed by atoms with Crippen molar-refractivity contribution in [3.63, 3.8) is 0 Å². The first-order valence-corrected chi connectivity index (χ1v) is 6.88. The molecule has 1 unspecified atom stereocenters. The molecule has 0 spiro atoms. The first kappa shape index (κ1) is 12.3. The van der Waals surface area contributed by atoms with Crippen molar-refractivity contribution in [2.75, 3.05) is 0 Å². The Bertz CT molecular complexity index is 459. The van der Waals surface area contributed by atoms with Gasteiger partial charge in [0.2, 0.25) is 0 Å². The molecule has 0 radical (unpaired) electrons. The highest BCUT2D eigenvalue weighted by Gasteiger charge is 2.08. The van der Waals surface area contributed by atoms with E-state index in [1.54, 1.807) is 11.3 Å². The van der Waals surface area contributed by atoms with Crippen molar-refractivity contribution in [1.29, 1.82) is 0 Å². The van der Waals surface area contributed by atoms with Gasteiger partial charge < -0.3 is 5.32 Å². The molecule has 0 saturated carbocycles. The van der Waals surface area contributed by atoms with E-state index in [2.05, 4.69) is 52.5 Å². The SMILES string of the molecule is CCn1nc(C)cc1CNC(C)c1cccs1. The summed E-state index contributed by atoms with van der Waals surface area (Å²) in [5, 5.41) is 10.1. The van der Waals surface area contributed by atoms with Crippen LogP contribution in [0.25, 0.3) is 0 Å². The van der Waals surface area contributed by atoms with Crippen molar-refractivity contribution in [3.8, 4) is 0 Å². The number of hydrogen-bond acceptors (Lipinski definition) is 3. The minimum atomic E-state index is 0.399. The number of nitrogens with zero attached hydrogens (tertiary/aromatic N) is 2. The van der Waals surface area contributed by atoms with Gasteiger partial charge in [-0.25, -0.2) is 0 Å². The minimum Gasteiger partial charge on any atom is -0.304 e. The summed E-state index contributed by atoms with van der Waals surface area (Å²) in [6, 6.07) is 6.82. The molecule has 17 heavy (non-hydrogen) atoms. The molecule has 3 nitrogen and oxygen atoms in total. The molecule has 1 atom stereocenters. The van der Waals surface area contributed by atoms with E-state index in [9.17, 15) is 0 Å². The van der Waals surface area contributed by atoms with Crippen molar-refractivity contribution >= 4 is 11.3 Å². The molecule has 0 aliphatic rings. The zero-order valence-corrected chi connectivity index (χ0v) is 11.4. The maximum absolute atomic E-state index is 4.45. The third kappa shape index (κ3) is 2.96. The van der Waals surface area contributed by atoms with Crippen molar-refractivity contribution in [3.05, 3.63) is 39.8 Å². The fourth-order valence-electron chi connectivity index (χ4n) is 1.91. The summed E-state index contributed by atoms with van der Waals surface area (Å²) in [7, 11) is 0. The van der Waals surface area contributed by atoms with Gasteiger partial charge in [0.05, 0.1) is 11.4 Å². The van der Waals surface area contributed by atoms with Gasteiger partial charge in [0.1, 0.15) is 0 Å². The van der Waals surface area contributed by atoms with Crippen molar-refractivity contribution in [1.82, 2.24) is 15.1 Å². The molecule has 2 aromatic heterocycles. The summed E-state index contributed by atoms with van der Waals surface area (Å²) in [6.45, 7) is 8.16. The molecular weight excluding hydrogens is 230 g/mol. The number of nitrogens with one attached hydrogen (secondary N) is 1. The minimum absolute atomic E-state index is 0.399. The van der Waals surface area contributed by atoms with Gasteiger partial charge in [-0.3, -0.25) is 4.68 Å². The molecule has 0 saturated heterocycles. The molecule has 92 valence electrons. The molecule has 0 aliphatic heterocycles. The van der Waals surface area contributed by atoms with Gasteiger partial charge in [0.15, 0.2) is 0 Å². The summed E-state index contributed by atoms with van der Waals surface area (Å²) in [4.78, 5) is 1.38. The van der Waals surface area contributed by atoms with Crippen molar-refractivity contribution < 1.29 is 0 Å². The van der Waals surface area contributed by atoms with Crippen LogP contribution in [0.2, 0.25) is 0 Å². The second-order valence-electron chi connectivity index (χ2n) is 4.21. The van der Waals surface area contributed by atoms with E-state index in [0.717, 1.165) is 18.8 Å². The van der Waals surface area contributed by atoms with E-state index in [4.69, 9.17) is 0 Å². The van der Waals surface area contributed by atoms with Crippen molar-refractivity contribution in [2.24, 2.45) is 0 Å². The molecule has 0 fully saturated rings. The molecule has 0 aromatic carbocycles. The van der Waals surface area contributed by atoms with Crippen LogP contribution in [0.15, 0.2) is 23.6 Å². The molecule has 0 aliphatic carbocycles. The number of aromatic nitrogens is 2. The number of aryl methyl sites for hydroxylation is 2. The van der Waals surface area contributed by atoms with Crippen LogP contribution in [0.5, 0.6) is 0 Å². The molecule has 2 aromatic rings. The predicted molar refractivity (Wildman–Crippen MR) is 72.2 cm³/mol. The Labute approximate surface area is 106 Å². The molecule has 2 rings (SSSR count). The van der Waals surface area contributed by atoms with Gasteiger partial charge in [-0.05, 0) is 38.3 Å². The first-order valence-electron chi connectivity index (χ1n) is 6.00. The Kier molecular flexibility index (Phi) is 3.97. The highest BCUT2D eigenvalue weighted by molar-refractivity contribution is 7.10. The molecule has 1 N–H and O–H groups in total. The first-order chi connectivity index (χ1) is 8.20. The van der Waals surface area contributed by atoms with E-state index in [-0.39, 0.29) is 0 Å². The fraction of sp³-hybridized carbons (Fsp3) is 0.462. The van der Waals surface area contributed by atoms with Gasteiger partial charge in [-0.15, -0.1) is 11.3 Å². The van der Waals surface area contributed by atoms with Crippen LogP contribution < -0.4 is 5.32 Å². The van der Waals surface area contributed by atoms with Gasteiger partial charge in [-0.1, -0.05) is 6.07 Å². The number of hydrogen-bond donors (Lipinski definition) is 1. The van der Waals surface area contributed by atoms with Crippen LogP contribution >= 0.6 is 11.3 Å². The second-order valence-corrected chi connectivity index (χ2v) is 5.19. The van der Waals surface area contributed by atoms with E-state index >= 15 is 0 Å². The van der Waals surface area contributed by atoms with Gasteiger partial charge in [0, 0.05) is 24.0 Å². The topological polar surface area (TPSA) is 29.9 Å². The Morgan fingerprint density at radius 3 is 3.00 bits per heavy atom. The molecular formula is C13H19N3S. The lowest BCUT2D eigenvalue weighted by Gasteiger charge is -2.12. The summed E-state index contributed by atoms with van der Waals surface area (Å²) in [5.74, 6) is 0. The second kappa shape index (κ2) is 5.47. The smallest absolute Gasteiger partial charge is 0.0597 e. The molecule has 2 heterocycles. The van der Waals surface area contributed by atoms with Crippen LogP contribution in [0.3, 0.4) is 0 Å². The van der Waals surface area contributed by atoms with Crippen LogP contribution in [-0.2, 0) is 13.1 Å². The Balaban J connectivity index is 1.97. The van der Waals surface area contributed by atoms with E-state index < -0.39 is 0 Å². The normalized spacial score (nSPS) is 12.9. The van der Waals surface area contributed by atoms with E-state index in [0.29, 0.717) is 6.04 Å². The third-order valence-corrected chi connectivity index (χ3v) is 3.90. The number of rotatable bonds is 5. The fourth-order valence-corrected chi connectivity index (χ4v) is 2.67. The summed E-state index contributed by atoms with van der Waals surface area (Å²) in [6.07, 6.45) is 0. The Morgan fingerprint density at radius 2 is 2.35 bits per heavy atom. The van der Waals surface area contributed by atoms with Gasteiger partial charge >= 0.3 is 0 Å². The quantitative estimate of drug-likeness (QED) is 0.882. The summed E-state index contributed by atoms with van der Waals surface area (Å²) in [5.41, 5.74) is 2.35. The average Bonchev–Trinajstić information content (AvgIpc) is 2.94. The average molecular weight is 249 g/mol. The molecule has 4 heteroatoms. The van der Waals surface area contributed by atoms with Crippen LogP contribution in [0.4, 0.5) is 0 Å². The van der Waals surface area contributed by atoms with Crippen LogP contribution in [-0.4, -0.2) is 9.78 Å². The van der Waals surface area contributed by atoms with Crippen molar-refractivity contribution in [2.45, 2.75) is 39.9 Å². The lowest BCUT2D eigenvalue weighted by atomic mass is 10.2. The Hall–Kier alpha value is -1.13. The molecule has 0 bridgehead atoms. The van der Waals surface area contributed by atoms with Crippen LogP contribution in [0, 0.1) is 6.92 Å². The predicted octanol–water partition coefficient (Wildman–Crippen LogP) is 3.12. The lowest BCUT2D eigenvalue weighted by Crippen LogP contribution is -2.19. The highest BCUT2D eigenvalue weighted by atomic mass is 32.1. The van der Waals surface area contributed by atoms with Gasteiger partial charge in [0.25, 0.3) is 0 Å². The lowest BCUT2D eigenvalue weighted by molar-refractivity contribution is 0.535.